The van der Waals surface area contributed by atoms with Gasteiger partial charge >= 0.3 is 0 Å². The Morgan fingerprint density at radius 2 is 1.87 bits per heavy atom. The molecular formula is C13H22N2. The topological polar surface area (TPSA) is 25.8 Å². The summed E-state index contributed by atoms with van der Waals surface area (Å²) in [4.78, 5) is 8.32. The van der Waals surface area contributed by atoms with Gasteiger partial charge in [0.05, 0.1) is 0 Å². The lowest BCUT2D eigenvalue weighted by atomic mass is 9.72. The predicted molar refractivity (Wildman–Crippen MR) is 63.7 cm³/mol. The molecule has 0 aliphatic heterocycles. The molecule has 0 aliphatic carbocycles. The predicted octanol–water partition coefficient (Wildman–Crippen LogP) is 3.58. The molecule has 1 heterocycles. The highest BCUT2D eigenvalue weighted by Gasteiger charge is 2.29. The number of aromatic nitrogens is 2. The van der Waals surface area contributed by atoms with Gasteiger partial charge in [-0.15, -0.1) is 0 Å². The summed E-state index contributed by atoms with van der Waals surface area (Å²) >= 11 is 0. The number of hydrogen-bond donors (Lipinski definition) is 0. The molecule has 84 valence electrons. The van der Waals surface area contributed by atoms with Crippen LogP contribution in [-0.2, 0) is 5.41 Å². The van der Waals surface area contributed by atoms with Gasteiger partial charge in [0.2, 0.25) is 0 Å². The van der Waals surface area contributed by atoms with E-state index in [4.69, 9.17) is 0 Å². The van der Waals surface area contributed by atoms with Gasteiger partial charge in [-0.25, -0.2) is 9.97 Å². The third kappa shape index (κ3) is 3.29. The lowest BCUT2D eigenvalue weighted by Crippen LogP contribution is -2.27. The van der Waals surface area contributed by atoms with Crippen LogP contribution in [0.4, 0.5) is 0 Å². The molecular weight excluding hydrogens is 184 g/mol. The molecule has 0 spiro atoms. The fourth-order valence-corrected chi connectivity index (χ4v) is 2.10. The van der Waals surface area contributed by atoms with Crippen molar-refractivity contribution < 1.29 is 0 Å². The molecule has 0 atom stereocenters. The van der Waals surface area contributed by atoms with E-state index < -0.39 is 0 Å². The zero-order chi connectivity index (χ0) is 11.5. The summed E-state index contributed by atoms with van der Waals surface area (Å²) in [7, 11) is 0. The van der Waals surface area contributed by atoms with Crippen LogP contribution in [-0.4, -0.2) is 9.97 Å². The summed E-state index contributed by atoms with van der Waals surface area (Å²) in [6.07, 6.45) is 5.80. The molecule has 0 radical (unpaired) electrons. The van der Waals surface area contributed by atoms with E-state index in [2.05, 4.69) is 44.6 Å². The standard InChI is InChI=1S/C13H22N2/c1-6-12(2,3)9-13(4,5)11-7-8-14-10-15-11/h7-8,10H,6,9H2,1-5H3. The van der Waals surface area contributed by atoms with Gasteiger partial charge in [0, 0.05) is 17.3 Å². The Kier molecular flexibility index (Phi) is 3.48. The molecule has 2 heteroatoms. The first-order valence-electron chi connectivity index (χ1n) is 5.64. The van der Waals surface area contributed by atoms with Gasteiger partial charge in [0.1, 0.15) is 6.33 Å². The van der Waals surface area contributed by atoms with Gasteiger partial charge in [-0.3, -0.25) is 0 Å². The molecule has 2 nitrogen and oxygen atoms in total. The Morgan fingerprint density at radius 1 is 1.20 bits per heavy atom. The molecule has 1 aromatic heterocycles. The Hall–Kier alpha value is -0.920. The van der Waals surface area contributed by atoms with Crippen LogP contribution in [0.2, 0.25) is 0 Å². The fraction of sp³-hybridized carbons (Fsp3) is 0.692. The lowest BCUT2D eigenvalue weighted by Gasteiger charge is -2.33. The molecule has 0 saturated carbocycles. The summed E-state index contributed by atoms with van der Waals surface area (Å²) < 4.78 is 0. The van der Waals surface area contributed by atoms with Crippen molar-refractivity contribution in [2.45, 2.75) is 52.9 Å². The van der Waals surface area contributed by atoms with Crippen molar-refractivity contribution in [1.82, 2.24) is 9.97 Å². The highest BCUT2D eigenvalue weighted by Crippen LogP contribution is 2.37. The van der Waals surface area contributed by atoms with E-state index in [1.165, 1.54) is 6.42 Å². The first-order chi connectivity index (χ1) is 6.87. The van der Waals surface area contributed by atoms with Crippen LogP contribution in [0.1, 0.15) is 53.2 Å². The Labute approximate surface area is 93.2 Å². The van der Waals surface area contributed by atoms with E-state index in [0.29, 0.717) is 5.41 Å². The molecule has 0 N–H and O–H groups in total. The van der Waals surface area contributed by atoms with E-state index in [9.17, 15) is 0 Å². The van der Waals surface area contributed by atoms with E-state index in [1.807, 2.05) is 12.3 Å². The second kappa shape index (κ2) is 4.30. The zero-order valence-corrected chi connectivity index (χ0v) is 10.5. The average molecular weight is 206 g/mol. The van der Waals surface area contributed by atoms with Crippen molar-refractivity contribution in [3.63, 3.8) is 0 Å². The largest absolute Gasteiger partial charge is 0.245 e. The van der Waals surface area contributed by atoms with Crippen molar-refractivity contribution in [3.8, 4) is 0 Å². The van der Waals surface area contributed by atoms with Crippen LogP contribution in [0.5, 0.6) is 0 Å². The minimum atomic E-state index is 0.127. The van der Waals surface area contributed by atoms with E-state index >= 15 is 0 Å². The minimum absolute atomic E-state index is 0.127. The summed E-state index contributed by atoms with van der Waals surface area (Å²) in [6, 6.07) is 2.02. The summed E-state index contributed by atoms with van der Waals surface area (Å²) in [5.74, 6) is 0. The molecule has 0 bridgehead atoms. The first kappa shape index (κ1) is 12.2. The van der Waals surface area contributed by atoms with Crippen LogP contribution in [0.25, 0.3) is 0 Å². The maximum atomic E-state index is 4.36. The van der Waals surface area contributed by atoms with Crippen molar-refractivity contribution in [2.75, 3.05) is 0 Å². The van der Waals surface area contributed by atoms with Gasteiger partial charge in [0.25, 0.3) is 0 Å². The van der Waals surface area contributed by atoms with Crippen molar-refractivity contribution >= 4 is 0 Å². The van der Waals surface area contributed by atoms with Gasteiger partial charge in [0.15, 0.2) is 0 Å². The fourth-order valence-electron chi connectivity index (χ4n) is 2.10. The Balaban J connectivity index is 2.85. The van der Waals surface area contributed by atoms with E-state index in [-0.39, 0.29) is 5.41 Å². The summed E-state index contributed by atoms with van der Waals surface area (Å²) in [6.45, 7) is 11.4. The average Bonchev–Trinajstić information content (AvgIpc) is 2.18. The maximum absolute atomic E-state index is 4.36. The first-order valence-corrected chi connectivity index (χ1v) is 5.64. The zero-order valence-electron chi connectivity index (χ0n) is 10.5. The monoisotopic (exact) mass is 206 g/mol. The van der Waals surface area contributed by atoms with Crippen molar-refractivity contribution in [2.24, 2.45) is 5.41 Å². The highest BCUT2D eigenvalue weighted by atomic mass is 14.8. The Bertz CT molecular complexity index is 302. The lowest BCUT2D eigenvalue weighted by molar-refractivity contribution is 0.244. The SMILES string of the molecule is CCC(C)(C)CC(C)(C)c1ccncn1. The van der Waals surface area contributed by atoms with Crippen LogP contribution in [0.15, 0.2) is 18.6 Å². The molecule has 0 saturated heterocycles. The second-order valence-electron chi connectivity index (χ2n) is 5.67. The molecule has 0 unspecified atom stereocenters. The minimum Gasteiger partial charge on any atom is -0.245 e. The number of hydrogen-bond acceptors (Lipinski definition) is 2. The van der Waals surface area contributed by atoms with Crippen molar-refractivity contribution in [3.05, 3.63) is 24.3 Å². The van der Waals surface area contributed by atoms with Gasteiger partial charge < -0.3 is 0 Å². The smallest absolute Gasteiger partial charge is 0.115 e. The third-order valence-electron chi connectivity index (χ3n) is 3.15. The van der Waals surface area contributed by atoms with Gasteiger partial charge in [-0.2, -0.15) is 0 Å². The molecule has 0 amide bonds. The van der Waals surface area contributed by atoms with Crippen LogP contribution in [0.3, 0.4) is 0 Å². The molecule has 0 aromatic carbocycles. The second-order valence-corrected chi connectivity index (χ2v) is 5.67. The van der Waals surface area contributed by atoms with Gasteiger partial charge in [-0.1, -0.05) is 41.0 Å². The molecule has 15 heavy (non-hydrogen) atoms. The molecule has 1 rings (SSSR count). The normalized spacial score (nSPS) is 12.9. The van der Waals surface area contributed by atoms with Gasteiger partial charge in [-0.05, 0) is 17.9 Å². The van der Waals surface area contributed by atoms with Crippen molar-refractivity contribution in [1.29, 1.82) is 0 Å². The summed E-state index contributed by atoms with van der Waals surface area (Å²) in [5, 5.41) is 0. The molecule has 0 fully saturated rings. The molecule has 1 aromatic rings. The van der Waals surface area contributed by atoms with Crippen LogP contribution >= 0.6 is 0 Å². The van der Waals surface area contributed by atoms with Crippen LogP contribution < -0.4 is 0 Å². The van der Waals surface area contributed by atoms with Crippen LogP contribution in [0, 0.1) is 5.41 Å². The van der Waals surface area contributed by atoms with E-state index in [0.717, 1.165) is 12.1 Å². The highest BCUT2D eigenvalue weighted by molar-refractivity contribution is 5.12. The quantitative estimate of drug-likeness (QED) is 0.752. The number of rotatable bonds is 4. The van der Waals surface area contributed by atoms with E-state index in [1.54, 1.807) is 6.33 Å². The Morgan fingerprint density at radius 3 is 2.33 bits per heavy atom. The summed E-state index contributed by atoms with van der Waals surface area (Å²) in [5.41, 5.74) is 1.63. The number of nitrogens with zero attached hydrogens (tertiary/aromatic N) is 2. The third-order valence-corrected chi connectivity index (χ3v) is 3.15. The molecule has 0 aliphatic rings. The maximum Gasteiger partial charge on any atom is 0.115 e.